The number of benzene rings is 2. The fourth-order valence-electron chi connectivity index (χ4n) is 2.23. The maximum Gasteiger partial charge on any atom is 0.150 e. The lowest BCUT2D eigenvalue weighted by Crippen LogP contribution is -2.04. The molecular weight excluding hydrogens is 324 g/mol. The molecular formula is C16H14BrF2N. The number of rotatable bonds is 4. The van der Waals surface area contributed by atoms with E-state index in [0.29, 0.717) is 11.0 Å². The summed E-state index contributed by atoms with van der Waals surface area (Å²) in [5.74, 6) is -0.462. The van der Waals surface area contributed by atoms with E-state index in [1.165, 1.54) is 30.5 Å². The molecule has 0 amide bonds. The van der Waals surface area contributed by atoms with Crippen molar-refractivity contribution in [2.45, 2.75) is 25.3 Å². The van der Waals surface area contributed by atoms with Gasteiger partial charge in [-0.25, -0.2) is 8.78 Å². The van der Waals surface area contributed by atoms with E-state index in [9.17, 15) is 8.78 Å². The van der Waals surface area contributed by atoms with Crippen LogP contribution in [0.5, 0.6) is 0 Å². The highest BCUT2D eigenvalue weighted by Gasteiger charge is 2.22. The quantitative estimate of drug-likeness (QED) is 0.806. The second-order valence-corrected chi connectivity index (χ2v) is 6.03. The molecule has 0 unspecified atom stereocenters. The topological polar surface area (TPSA) is 12.0 Å². The van der Waals surface area contributed by atoms with Gasteiger partial charge < -0.3 is 5.32 Å². The minimum absolute atomic E-state index is 0.0838. The third-order valence-electron chi connectivity index (χ3n) is 3.50. The lowest BCUT2D eigenvalue weighted by molar-refractivity contribution is 0.586. The Kier molecular flexibility index (Phi) is 3.74. The van der Waals surface area contributed by atoms with Gasteiger partial charge in [0.15, 0.2) is 0 Å². The second kappa shape index (κ2) is 5.52. The van der Waals surface area contributed by atoms with E-state index in [1.807, 2.05) is 12.1 Å². The van der Waals surface area contributed by atoms with Crippen LogP contribution >= 0.6 is 15.9 Å². The highest BCUT2D eigenvalue weighted by atomic mass is 79.9. The minimum Gasteiger partial charge on any atom is -0.376 e. The molecule has 20 heavy (non-hydrogen) atoms. The van der Waals surface area contributed by atoms with Crippen LogP contribution in [0.1, 0.15) is 29.9 Å². The SMILES string of the molecule is Fc1cc(Br)cc(F)c1NCc1ccc(C2CC2)cc1. The van der Waals surface area contributed by atoms with E-state index in [-0.39, 0.29) is 5.69 Å². The van der Waals surface area contributed by atoms with Gasteiger partial charge in [-0.3, -0.25) is 0 Å². The summed E-state index contributed by atoms with van der Waals surface area (Å²) in [6.07, 6.45) is 2.54. The van der Waals surface area contributed by atoms with Gasteiger partial charge in [0.05, 0.1) is 0 Å². The highest BCUT2D eigenvalue weighted by Crippen LogP contribution is 2.39. The van der Waals surface area contributed by atoms with Crippen LogP contribution in [0.2, 0.25) is 0 Å². The molecule has 1 nitrogen and oxygen atoms in total. The molecule has 0 atom stereocenters. The summed E-state index contributed by atoms with van der Waals surface area (Å²) < 4.78 is 27.7. The van der Waals surface area contributed by atoms with Crippen LogP contribution in [0.3, 0.4) is 0 Å². The van der Waals surface area contributed by atoms with Crippen molar-refractivity contribution in [1.82, 2.24) is 0 Å². The van der Waals surface area contributed by atoms with Crippen molar-refractivity contribution in [3.8, 4) is 0 Å². The maximum atomic E-state index is 13.7. The molecule has 1 aliphatic rings. The average Bonchev–Trinajstić information content (AvgIpc) is 3.22. The molecule has 0 bridgehead atoms. The predicted octanol–water partition coefficient (Wildman–Crippen LogP) is 5.22. The van der Waals surface area contributed by atoms with E-state index in [0.717, 1.165) is 11.5 Å². The largest absolute Gasteiger partial charge is 0.376 e. The molecule has 0 heterocycles. The Morgan fingerprint density at radius 3 is 2.20 bits per heavy atom. The van der Waals surface area contributed by atoms with Crippen LogP contribution in [-0.2, 0) is 6.54 Å². The van der Waals surface area contributed by atoms with Crippen LogP contribution in [0.25, 0.3) is 0 Å². The molecule has 1 N–H and O–H groups in total. The highest BCUT2D eigenvalue weighted by molar-refractivity contribution is 9.10. The molecule has 1 saturated carbocycles. The number of anilines is 1. The Morgan fingerprint density at radius 2 is 1.65 bits per heavy atom. The molecule has 1 fully saturated rings. The van der Waals surface area contributed by atoms with Crippen LogP contribution in [0.4, 0.5) is 14.5 Å². The van der Waals surface area contributed by atoms with Crippen molar-refractivity contribution >= 4 is 21.6 Å². The number of hydrogen-bond acceptors (Lipinski definition) is 1. The van der Waals surface area contributed by atoms with Crippen molar-refractivity contribution < 1.29 is 8.78 Å². The smallest absolute Gasteiger partial charge is 0.150 e. The molecule has 0 saturated heterocycles. The molecule has 0 spiro atoms. The first-order valence-corrected chi connectivity index (χ1v) is 7.40. The lowest BCUT2D eigenvalue weighted by Gasteiger charge is -2.10. The third kappa shape index (κ3) is 3.01. The molecule has 4 heteroatoms. The monoisotopic (exact) mass is 337 g/mol. The summed E-state index contributed by atoms with van der Waals surface area (Å²) in [7, 11) is 0. The summed E-state index contributed by atoms with van der Waals surface area (Å²) in [5.41, 5.74) is 2.28. The molecule has 0 radical (unpaired) electrons. The summed E-state index contributed by atoms with van der Waals surface area (Å²) in [4.78, 5) is 0. The van der Waals surface area contributed by atoms with Gasteiger partial charge in [0.2, 0.25) is 0 Å². The van der Waals surface area contributed by atoms with Crippen molar-refractivity contribution in [3.05, 3.63) is 63.6 Å². The molecule has 0 aromatic heterocycles. The van der Waals surface area contributed by atoms with E-state index >= 15 is 0 Å². The Bertz CT molecular complexity index is 598. The first kappa shape index (κ1) is 13.6. The van der Waals surface area contributed by atoms with Gasteiger partial charge in [0.1, 0.15) is 17.3 Å². The molecule has 2 aromatic rings. The zero-order valence-corrected chi connectivity index (χ0v) is 12.4. The van der Waals surface area contributed by atoms with Gasteiger partial charge >= 0.3 is 0 Å². The van der Waals surface area contributed by atoms with E-state index in [1.54, 1.807) is 0 Å². The van der Waals surface area contributed by atoms with Crippen LogP contribution in [-0.4, -0.2) is 0 Å². The van der Waals surface area contributed by atoms with Gasteiger partial charge in [0, 0.05) is 11.0 Å². The fraction of sp³-hybridized carbons (Fsp3) is 0.250. The Labute approximate surface area is 125 Å². The zero-order chi connectivity index (χ0) is 14.1. The molecule has 0 aliphatic heterocycles. The molecule has 104 valence electrons. The predicted molar refractivity (Wildman–Crippen MR) is 79.8 cm³/mol. The second-order valence-electron chi connectivity index (χ2n) is 5.11. The Balaban J connectivity index is 1.69. The average molecular weight is 338 g/mol. The van der Waals surface area contributed by atoms with Crippen molar-refractivity contribution in [2.75, 3.05) is 5.32 Å². The molecule has 1 aliphatic carbocycles. The maximum absolute atomic E-state index is 13.7. The lowest BCUT2D eigenvalue weighted by atomic mass is 10.1. The van der Waals surface area contributed by atoms with Crippen LogP contribution < -0.4 is 5.32 Å². The zero-order valence-electron chi connectivity index (χ0n) is 10.8. The first-order chi connectivity index (χ1) is 9.63. The van der Waals surface area contributed by atoms with Crippen LogP contribution in [0, 0.1) is 11.6 Å². The van der Waals surface area contributed by atoms with Crippen molar-refractivity contribution in [1.29, 1.82) is 0 Å². The number of hydrogen-bond donors (Lipinski definition) is 1. The summed E-state index contributed by atoms with van der Waals surface area (Å²) >= 11 is 3.06. The fourth-order valence-corrected chi connectivity index (χ4v) is 2.63. The standard InChI is InChI=1S/C16H14BrF2N/c17-13-7-14(18)16(15(19)8-13)20-9-10-1-3-11(4-2-10)12-5-6-12/h1-4,7-8,12,20H,5-6,9H2. The molecule has 3 rings (SSSR count). The molecule has 2 aromatic carbocycles. The van der Waals surface area contributed by atoms with Crippen LogP contribution in [0.15, 0.2) is 40.9 Å². The Morgan fingerprint density at radius 1 is 1.05 bits per heavy atom. The van der Waals surface area contributed by atoms with E-state index in [2.05, 4.69) is 33.4 Å². The number of halogens is 3. The van der Waals surface area contributed by atoms with Gasteiger partial charge in [0.25, 0.3) is 0 Å². The Hall–Kier alpha value is -1.42. The normalized spacial score (nSPS) is 14.3. The van der Waals surface area contributed by atoms with E-state index < -0.39 is 11.6 Å². The third-order valence-corrected chi connectivity index (χ3v) is 3.96. The van der Waals surface area contributed by atoms with Gasteiger partial charge in [-0.15, -0.1) is 0 Å². The van der Waals surface area contributed by atoms with Gasteiger partial charge in [-0.1, -0.05) is 40.2 Å². The van der Waals surface area contributed by atoms with Crippen molar-refractivity contribution in [2.24, 2.45) is 0 Å². The first-order valence-electron chi connectivity index (χ1n) is 6.61. The minimum atomic E-state index is -0.591. The summed E-state index contributed by atoms with van der Waals surface area (Å²) in [6.45, 7) is 0.403. The number of nitrogens with one attached hydrogen (secondary N) is 1. The summed E-state index contributed by atoms with van der Waals surface area (Å²) in [5, 5.41) is 2.82. The van der Waals surface area contributed by atoms with Gasteiger partial charge in [-0.2, -0.15) is 0 Å². The van der Waals surface area contributed by atoms with Crippen molar-refractivity contribution in [3.63, 3.8) is 0 Å². The van der Waals surface area contributed by atoms with E-state index in [4.69, 9.17) is 0 Å². The summed E-state index contributed by atoms with van der Waals surface area (Å²) in [6, 6.07) is 10.7. The van der Waals surface area contributed by atoms with Gasteiger partial charge in [-0.05, 0) is 42.0 Å².